The molecule has 0 spiro atoms. The summed E-state index contributed by atoms with van der Waals surface area (Å²) in [5.74, 6) is 7.94. The first-order valence-corrected chi connectivity index (χ1v) is 9.26. The van der Waals surface area contributed by atoms with Gasteiger partial charge in [0.05, 0.1) is 5.56 Å². The topological polar surface area (TPSA) is 76.1 Å². The molecule has 3 aromatic rings. The van der Waals surface area contributed by atoms with Gasteiger partial charge >= 0.3 is 0 Å². The number of benzene rings is 1. The first kappa shape index (κ1) is 18.7. The molecule has 29 heavy (non-hydrogen) atoms. The van der Waals surface area contributed by atoms with E-state index in [-0.39, 0.29) is 11.8 Å². The average molecular weight is 390 g/mol. The monoisotopic (exact) mass is 390 g/mol. The van der Waals surface area contributed by atoms with Crippen LogP contribution in [0.15, 0.2) is 42.7 Å². The molecule has 0 bridgehead atoms. The quantitative estimate of drug-likeness (QED) is 0.650. The molecule has 2 aromatic heterocycles. The smallest absolute Gasteiger partial charge is 0.228 e. The number of hydrogen-bond acceptors (Lipinski definition) is 5. The Morgan fingerprint density at radius 1 is 1.17 bits per heavy atom. The van der Waals surface area contributed by atoms with Crippen LogP contribution in [0.1, 0.15) is 24.0 Å². The molecule has 0 unspecified atom stereocenters. The number of pyridine rings is 2. The third-order valence-corrected chi connectivity index (χ3v) is 4.63. The molecule has 0 saturated heterocycles. The number of halogens is 1. The van der Waals surface area contributed by atoms with E-state index in [4.69, 9.17) is 4.74 Å². The Bertz CT molecular complexity index is 1120. The Labute approximate surface area is 167 Å². The van der Waals surface area contributed by atoms with E-state index in [0.717, 1.165) is 29.2 Å². The van der Waals surface area contributed by atoms with Crippen LogP contribution in [-0.4, -0.2) is 29.8 Å². The molecular formula is C22H19FN4O2. The number of nitrogens with one attached hydrogen (secondary N) is 2. The molecule has 1 aromatic carbocycles. The number of amides is 1. The molecule has 1 fully saturated rings. The fourth-order valence-electron chi connectivity index (χ4n) is 2.91. The van der Waals surface area contributed by atoms with E-state index in [1.165, 1.54) is 0 Å². The normalized spacial score (nSPS) is 12.8. The molecule has 2 N–H and O–H groups in total. The molecule has 2 heterocycles. The number of alkyl halides is 1. The van der Waals surface area contributed by atoms with E-state index in [1.54, 1.807) is 43.7 Å². The van der Waals surface area contributed by atoms with E-state index in [0.29, 0.717) is 22.9 Å². The largest absolute Gasteiger partial charge is 0.463 e. The number of carbonyl (C=O) groups excluding carboxylic acids is 1. The third kappa shape index (κ3) is 4.27. The van der Waals surface area contributed by atoms with Crippen molar-refractivity contribution in [1.82, 2.24) is 9.97 Å². The van der Waals surface area contributed by atoms with Crippen LogP contribution in [0.5, 0.6) is 5.75 Å². The van der Waals surface area contributed by atoms with Gasteiger partial charge < -0.3 is 15.4 Å². The second-order valence-corrected chi connectivity index (χ2v) is 6.68. The first-order chi connectivity index (χ1) is 14.2. The van der Waals surface area contributed by atoms with Crippen LogP contribution >= 0.6 is 0 Å². The second-order valence-electron chi connectivity index (χ2n) is 6.68. The van der Waals surface area contributed by atoms with Crippen molar-refractivity contribution < 1.29 is 13.9 Å². The lowest BCUT2D eigenvalue weighted by atomic mass is 10.1. The van der Waals surface area contributed by atoms with Crippen molar-refractivity contribution in [3.63, 3.8) is 0 Å². The van der Waals surface area contributed by atoms with Crippen LogP contribution in [0.4, 0.5) is 16.0 Å². The van der Waals surface area contributed by atoms with E-state index in [2.05, 4.69) is 32.4 Å². The molecule has 1 aliphatic carbocycles. The van der Waals surface area contributed by atoms with Crippen molar-refractivity contribution in [3.05, 3.63) is 53.9 Å². The van der Waals surface area contributed by atoms with Gasteiger partial charge in [-0.3, -0.25) is 4.79 Å². The minimum absolute atomic E-state index is 0.00275. The Kier molecular flexibility index (Phi) is 5.25. The van der Waals surface area contributed by atoms with Gasteiger partial charge in [0.2, 0.25) is 12.8 Å². The Hall–Kier alpha value is -3.66. The van der Waals surface area contributed by atoms with Crippen molar-refractivity contribution in [2.75, 3.05) is 24.5 Å². The third-order valence-electron chi connectivity index (χ3n) is 4.63. The maximum atomic E-state index is 12.2. The Morgan fingerprint density at radius 2 is 1.97 bits per heavy atom. The predicted molar refractivity (Wildman–Crippen MR) is 109 cm³/mol. The summed E-state index contributed by atoms with van der Waals surface area (Å²) in [6, 6.07) is 8.68. The standard InChI is InChI=1S/C22H19FN4O2/c1-24-21-19-12-25-20(27-22(28)15-6-7-15)10-18(19)16(11-26-21)5-2-14-3-8-17(9-4-14)29-13-23/h3-4,8-12,15H,6-7,13H2,1H3,(H,24,26)(H,25,27,28). The number of carbonyl (C=O) groups is 1. The van der Waals surface area contributed by atoms with Gasteiger partial charge in [-0.2, -0.15) is 0 Å². The zero-order chi connectivity index (χ0) is 20.2. The molecular weight excluding hydrogens is 371 g/mol. The van der Waals surface area contributed by atoms with E-state index >= 15 is 0 Å². The number of nitrogens with zero attached hydrogens (tertiary/aromatic N) is 2. The minimum atomic E-state index is -0.867. The summed E-state index contributed by atoms with van der Waals surface area (Å²) in [5.41, 5.74) is 1.48. The summed E-state index contributed by atoms with van der Waals surface area (Å²) < 4.78 is 17.0. The number of fused-ring (bicyclic) bond motifs is 1. The zero-order valence-corrected chi connectivity index (χ0v) is 15.8. The fourth-order valence-corrected chi connectivity index (χ4v) is 2.91. The highest BCUT2D eigenvalue weighted by atomic mass is 19.1. The lowest BCUT2D eigenvalue weighted by Gasteiger charge is -2.09. The highest BCUT2D eigenvalue weighted by Gasteiger charge is 2.29. The van der Waals surface area contributed by atoms with Gasteiger partial charge in [0.15, 0.2) is 0 Å². The highest BCUT2D eigenvalue weighted by Crippen LogP contribution is 2.31. The maximum Gasteiger partial charge on any atom is 0.228 e. The fraction of sp³-hybridized carbons (Fsp3) is 0.227. The summed E-state index contributed by atoms with van der Waals surface area (Å²) in [7, 11) is 1.79. The van der Waals surface area contributed by atoms with Crippen molar-refractivity contribution in [2.45, 2.75) is 12.8 Å². The summed E-state index contributed by atoms with van der Waals surface area (Å²) in [4.78, 5) is 20.8. The Balaban J connectivity index is 1.68. The van der Waals surface area contributed by atoms with Crippen LogP contribution in [-0.2, 0) is 4.79 Å². The summed E-state index contributed by atoms with van der Waals surface area (Å²) in [5, 5.41) is 7.57. The average Bonchev–Trinajstić information content (AvgIpc) is 3.59. The van der Waals surface area contributed by atoms with Crippen LogP contribution < -0.4 is 15.4 Å². The number of hydrogen-bond donors (Lipinski definition) is 2. The lowest BCUT2D eigenvalue weighted by molar-refractivity contribution is -0.117. The molecule has 0 aliphatic heterocycles. The highest BCUT2D eigenvalue weighted by molar-refractivity contribution is 5.99. The van der Waals surface area contributed by atoms with E-state index < -0.39 is 6.86 Å². The van der Waals surface area contributed by atoms with E-state index in [9.17, 15) is 9.18 Å². The predicted octanol–water partition coefficient (Wildman–Crippen LogP) is 3.73. The van der Waals surface area contributed by atoms with Gasteiger partial charge in [0, 0.05) is 41.7 Å². The summed E-state index contributed by atoms with van der Waals surface area (Å²) >= 11 is 0. The van der Waals surface area contributed by atoms with Crippen LogP contribution in [0.25, 0.3) is 10.8 Å². The SMILES string of the molecule is CNc1ncc(C#Cc2ccc(OCF)cc2)c2cc(NC(=O)C3CC3)ncc12. The van der Waals surface area contributed by atoms with Gasteiger partial charge in [0.25, 0.3) is 0 Å². The number of anilines is 2. The molecule has 146 valence electrons. The molecule has 6 nitrogen and oxygen atoms in total. The van der Waals surface area contributed by atoms with Crippen molar-refractivity contribution >= 4 is 28.3 Å². The van der Waals surface area contributed by atoms with Gasteiger partial charge in [-0.15, -0.1) is 0 Å². The van der Waals surface area contributed by atoms with Gasteiger partial charge in [-0.1, -0.05) is 11.8 Å². The first-order valence-electron chi connectivity index (χ1n) is 9.26. The van der Waals surface area contributed by atoms with Gasteiger partial charge in [-0.05, 0) is 43.2 Å². The van der Waals surface area contributed by atoms with Gasteiger partial charge in [0.1, 0.15) is 17.4 Å². The molecule has 7 heteroatoms. The second kappa shape index (κ2) is 8.15. The lowest BCUT2D eigenvalue weighted by Crippen LogP contribution is -2.14. The summed E-state index contributed by atoms with van der Waals surface area (Å²) in [6.07, 6.45) is 5.23. The summed E-state index contributed by atoms with van der Waals surface area (Å²) in [6.45, 7) is -0.867. The molecule has 0 atom stereocenters. The molecule has 1 aliphatic rings. The van der Waals surface area contributed by atoms with Gasteiger partial charge in [-0.25, -0.2) is 14.4 Å². The van der Waals surface area contributed by atoms with E-state index in [1.807, 2.05) is 6.07 Å². The van der Waals surface area contributed by atoms with Crippen molar-refractivity contribution in [3.8, 4) is 17.6 Å². The van der Waals surface area contributed by atoms with Crippen molar-refractivity contribution in [1.29, 1.82) is 0 Å². The zero-order valence-electron chi connectivity index (χ0n) is 15.8. The van der Waals surface area contributed by atoms with Crippen molar-refractivity contribution in [2.24, 2.45) is 5.92 Å². The number of ether oxygens (including phenoxy) is 1. The molecule has 1 saturated carbocycles. The molecule has 0 radical (unpaired) electrons. The number of aromatic nitrogens is 2. The molecule has 1 amide bonds. The minimum Gasteiger partial charge on any atom is -0.463 e. The number of rotatable bonds is 5. The molecule has 4 rings (SSSR count). The van der Waals surface area contributed by atoms with Crippen LogP contribution in [0.2, 0.25) is 0 Å². The maximum absolute atomic E-state index is 12.2. The van der Waals surface area contributed by atoms with Crippen LogP contribution in [0.3, 0.4) is 0 Å². The Morgan fingerprint density at radius 3 is 2.66 bits per heavy atom. The van der Waals surface area contributed by atoms with Crippen LogP contribution in [0, 0.1) is 17.8 Å².